The van der Waals surface area contributed by atoms with E-state index in [2.05, 4.69) is 512 Å². The lowest BCUT2D eigenvalue weighted by molar-refractivity contribution is 0.668. The minimum Gasteiger partial charge on any atom is -0.456 e. The fourth-order valence-corrected chi connectivity index (χ4v) is 25.6. The molecule has 0 N–H and O–H groups in total. The van der Waals surface area contributed by atoms with Gasteiger partial charge in [-0.15, -0.1) is 34.0 Å². The molecule has 30 aromatic rings. The Bertz CT molecular complexity index is 10200. The summed E-state index contributed by atoms with van der Waals surface area (Å²) in [4.78, 5) is 7.17. The summed E-state index contributed by atoms with van der Waals surface area (Å²) in [6, 6.07) is 190. The second-order valence-corrected chi connectivity index (χ2v) is 40.7. The van der Waals surface area contributed by atoms with Crippen molar-refractivity contribution in [1.29, 1.82) is 0 Å². The van der Waals surface area contributed by atoms with Crippen molar-refractivity contribution < 1.29 is 13.3 Å². The molecule has 9 heteroatoms. The van der Waals surface area contributed by atoms with Crippen LogP contribution < -0.4 is 14.7 Å². The van der Waals surface area contributed by atoms with Crippen LogP contribution in [0.15, 0.2) is 541 Å². The first-order chi connectivity index (χ1) is 72.9. The van der Waals surface area contributed by atoms with Gasteiger partial charge < -0.3 is 28.0 Å². The fourth-order valence-electron chi connectivity index (χ4n) is 22.0. The molecule has 0 fully saturated rings. The maximum Gasteiger partial charge on any atom is 0.159 e. The number of anilines is 9. The molecule has 690 valence electrons. The number of para-hydroxylation sites is 4. The molecule has 24 aromatic carbocycles. The Balaban J connectivity index is 0.000000107. The molecule has 0 spiro atoms. The van der Waals surface area contributed by atoms with E-state index in [1.165, 1.54) is 160 Å². The van der Waals surface area contributed by atoms with E-state index < -0.39 is 0 Å². The Morgan fingerprint density at radius 1 is 0.143 bits per heavy atom. The zero-order valence-electron chi connectivity index (χ0n) is 79.5. The van der Waals surface area contributed by atoms with Crippen LogP contribution in [0.25, 0.3) is 225 Å². The van der Waals surface area contributed by atoms with Gasteiger partial charge in [0.15, 0.2) is 5.58 Å². The summed E-state index contributed by atoms with van der Waals surface area (Å²) in [6.45, 7) is 0. The standard InChI is InChI=1S/3C46H29NOS/c1-2-11-30(12-3-1)36-18-9-13-31-23-24-33(28-41(31)36)32-14-8-15-34(27-32)47(35-25-26-38-37-16-4-6-21-43(37)48-44(38)29-35)42-20-10-19-40-39-17-5-7-22-45(39)49-46(40)42;1-2-11-31(12-3-1)35-16-8-13-32-23-24-33(29-40(32)35)30-25-27-34(28-26-30)47(41-19-9-17-38-36-14-4-6-21-43(36)48-45(38)41)42-20-10-18-39-37-15-5-7-22-44(37)49-46(39)42;1-2-10-31(11-3-1)36-15-8-12-32-20-21-33(28-40(32)36)30-22-24-34(25-23-30)47(35-26-27-44-41(29-35)37-13-4-6-18-43(37)48-44)42-17-9-16-39-38-14-5-7-19-45(38)49-46(39)42/h3*1-29H. The maximum absolute atomic E-state index is 6.62. The highest BCUT2D eigenvalue weighted by Gasteiger charge is 2.27. The minimum atomic E-state index is 0.881. The molecule has 0 radical (unpaired) electrons. The molecule has 0 amide bonds. The third kappa shape index (κ3) is 15.5. The van der Waals surface area contributed by atoms with E-state index in [0.717, 1.165) is 117 Å². The van der Waals surface area contributed by atoms with E-state index in [1.54, 1.807) is 0 Å². The molecule has 0 aliphatic heterocycles. The highest BCUT2D eigenvalue weighted by Crippen LogP contribution is 2.53. The van der Waals surface area contributed by atoms with Crippen LogP contribution in [0.5, 0.6) is 0 Å². The number of nitrogens with zero attached hydrogens (tertiary/aromatic N) is 3. The Morgan fingerprint density at radius 3 is 0.932 bits per heavy atom. The quantitative estimate of drug-likeness (QED) is 0.102. The highest BCUT2D eigenvalue weighted by atomic mass is 32.1. The lowest BCUT2D eigenvalue weighted by atomic mass is 9.94. The highest BCUT2D eigenvalue weighted by molar-refractivity contribution is 7.27. The smallest absolute Gasteiger partial charge is 0.159 e. The van der Waals surface area contributed by atoms with Gasteiger partial charge in [0.25, 0.3) is 0 Å². The molecule has 0 aliphatic rings. The Kier molecular flexibility index (Phi) is 21.4. The summed E-state index contributed by atoms with van der Waals surface area (Å²) in [7, 11) is 0. The van der Waals surface area contributed by atoms with Gasteiger partial charge >= 0.3 is 0 Å². The molecule has 0 aliphatic carbocycles. The first kappa shape index (κ1) is 86.4. The number of rotatable bonds is 15. The molecule has 6 aromatic heterocycles. The van der Waals surface area contributed by atoms with Crippen molar-refractivity contribution in [1.82, 2.24) is 0 Å². The normalized spacial score (nSPS) is 11.7. The van der Waals surface area contributed by atoms with Crippen LogP contribution in [-0.4, -0.2) is 0 Å². The molecule has 0 saturated carbocycles. The predicted octanol–water partition coefficient (Wildman–Crippen LogP) is 41.7. The molecular formula is C138H87N3O3S3. The molecule has 0 saturated heterocycles. The largest absolute Gasteiger partial charge is 0.456 e. The van der Waals surface area contributed by atoms with Gasteiger partial charge in [0.05, 0.1) is 36.8 Å². The monoisotopic (exact) mass is 1930 g/mol. The zero-order valence-corrected chi connectivity index (χ0v) is 82.0. The van der Waals surface area contributed by atoms with Crippen LogP contribution in [0.4, 0.5) is 51.2 Å². The summed E-state index contributed by atoms with van der Waals surface area (Å²) in [5, 5.41) is 21.9. The van der Waals surface area contributed by atoms with E-state index in [-0.39, 0.29) is 0 Å². The van der Waals surface area contributed by atoms with Crippen LogP contribution >= 0.6 is 34.0 Å². The van der Waals surface area contributed by atoms with Crippen molar-refractivity contribution in [3.63, 3.8) is 0 Å². The van der Waals surface area contributed by atoms with E-state index in [0.29, 0.717) is 0 Å². The SMILES string of the molecule is c1ccc(-c2cccc3ccc(-c4ccc(N(c5ccc6oc7ccccc7c6c5)c5cccc6c5sc5ccccc56)cc4)cc23)cc1.c1ccc(-c2cccc3ccc(-c4ccc(N(c5cccc6c5oc5ccccc56)c5cccc6c5sc5ccccc56)cc4)cc23)cc1.c1ccc(-c2cccc3ccc(-c4cccc(N(c5ccc6c(c5)oc5ccccc56)c5cccc6c5sc5ccccc56)c4)cc23)cc1. The molecule has 30 rings (SSSR count). The van der Waals surface area contributed by atoms with Gasteiger partial charge in [0, 0.05) is 113 Å². The topological polar surface area (TPSA) is 49.1 Å². The van der Waals surface area contributed by atoms with Crippen molar-refractivity contribution in [2.75, 3.05) is 14.7 Å². The second kappa shape index (κ2) is 36.5. The van der Waals surface area contributed by atoms with Crippen molar-refractivity contribution in [3.05, 3.63) is 528 Å². The molecule has 6 heterocycles. The average Bonchev–Trinajstić information content (AvgIpc) is 1.59. The number of furan rings is 3. The number of fused-ring (bicyclic) bond motifs is 21. The average molecular weight is 1930 g/mol. The van der Waals surface area contributed by atoms with Gasteiger partial charge in [-0.05, 0) is 245 Å². The third-order valence-electron chi connectivity index (χ3n) is 29.0. The summed E-state index contributed by atoms with van der Waals surface area (Å²) in [5.74, 6) is 0. The lowest BCUT2D eigenvalue weighted by Crippen LogP contribution is -2.10. The van der Waals surface area contributed by atoms with Crippen molar-refractivity contribution in [3.8, 4) is 66.8 Å². The van der Waals surface area contributed by atoms with Gasteiger partial charge in [0.1, 0.15) is 27.9 Å². The zero-order chi connectivity index (χ0) is 96.9. The predicted molar refractivity (Wildman–Crippen MR) is 629 cm³/mol. The first-order valence-electron chi connectivity index (χ1n) is 49.8. The third-order valence-corrected chi connectivity index (χ3v) is 32.6. The van der Waals surface area contributed by atoms with Gasteiger partial charge in [-0.25, -0.2) is 0 Å². The summed E-state index contributed by atoms with van der Waals surface area (Å²) in [6.07, 6.45) is 0. The molecule has 0 bridgehead atoms. The van der Waals surface area contributed by atoms with Crippen molar-refractivity contribution >= 4 is 244 Å². The fraction of sp³-hybridized carbons (Fsp3) is 0. The van der Waals surface area contributed by atoms with Crippen LogP contribution in [0.2, 0.25) is 0 Å². The van der Waals surface area contributed by atoms with Crippen LogP contribution in [0, 0.1) is 0 Å². The number of hydrogen-bond donors (Lipinski definition) is 0. The van der Waals surface area contributed by atoms with E-state index in [1.807, 2.05) is 64.3 Å². The molecule has 0 unspecified atom stereocenters. The summed E-state index contributed by atoms with van der Waals surface area (Å²) >= 11 is 5.55. The first-order valence-corrected chi connectivity index (χ1v) is 52.2. The van der Waals surface area contributed by atoms with Crippen LogP contribution in [0.3, 0.4) is 0 Å². The number of thiophene rings is 3. The summed E-state index contributed by atoms with van der Waals surface area (Å²) in [5.41, 5.74) is 29.8. The maximum atomic E-state index is 6.62. The van der Waals surface area contributed by atoms with E-state index >= 15 is 0 Å². The Morgan fingerprint density at radius 2 is 0.449 bits per heavy atom. The van der Waals surface area contributed by atoms with E-state index in [4.69, 9.17) is 13.3 Å². The lowest BCUT2D eigenvalue weighted by Gasteiger charge is -2.26. The molecular weight excluding hydrogens is 1840 g/mol. The van der Waals surface area contributed by atoms with Crippen LogP contribution in [-0.2, 0) is 0 Å². The number of hydrogen-bond acceptors (Lipinski definition) is 9. The minimum absolute atomic E-state index is 0.881. The van der Waals surface area contributed by atoms with Crippen LogP contribution in [0.1, 0.15) is 0 Å². The number of benzene rings is 24. The van der Waals surface area contributed by atoms with Gasteiger partial charge in [-0.2, -0.15) is 0 Å². The van der Waals surface area contributed by atoms with Crippen molar-refractivity contribution in [2.24, 2.45) is 0 Å². The van der Waals surface area contributed by atoms with Gasteiger partial charge in [-0.1, -0.05) is 376 Å². The van der Waals surface area contributed by atoms with E-state index in [9.17, 15) is 0 Å². The molecule has 0 atom stereocenters. The second-order valence-electron chi connectivity index (χ2n) is 37.5. The molecule has 147 heavy (non-hydrogen) atoms. The molecule has 6 nitrogen and oxygen atoms in total. The van der Waals surface area contributed by atoms with Gasteiger partial charge in [-0.3, -0.25) is 0 Å². The van der Waals surface area contributed by atoms with Gasteiger partial charge in [0.2, 0.25) is 0 Å². The van der Waals surface area contributed by atoms with Crippen molar-refractivity contribution in [2.45, 2.75) is 0 Å². The Hall–Kier alpha value is -18.5. The Labute approximate surface area is 859 Å². The summed E-state index contributed by atoms with van der Waals surface area (Å²) < 4.78 is 26.9.